The zero-order valence-corrected chi connectivity index (χ0v) is 8.83. The maximum absolute atomic E-state index is 3.97. The van der Waals surface area contributed by atoms with Crippen LogP contribution in [0.1, 0.15) is 27.7 Å². The topological polar surface area (TPSA) is 28.7 Å². The summed E-state index contributed by atoms with van der Waals surface area (Å²) in [5.74, 6) is 0. The molecule has 0 bridgehead atoms. The first-order chi connectivity index (χ1) is 6.47. The molecule has 13 heavy (non-hydrogen) atoms. The summed E-state index contributed by atoms with van der Waals surface area (Å²) in [5, 5.41) is 1.16. The Kier molecular flexibility index (Phi) is 6.60. The Hall–Kier alpha value is -1.31. The van der Waals surface area contributed by atoms with E-state index in [0.29, 0.717) is 0 Å². The lowest BCUT2D eigenvalue weighted by Crippen LogP contribution is -1.67. The van der Waals surface area contributed by atoms with Gasteiger partial charge in [0.2, 0.25) is 0 Å². The van der Waals surface area contributed by atoms with Gasteiger partial charge in [0.25, 0.3) is 0 Å². The second kappa shape index (κ2) is 7.35. The maximum Gasteiger partial charge on any atom is 0.0484 e. The second-order valence-electron chi connectivity index (χ2n) is 1.94. The van der Waals surface area contributed by atoms with Crippen molar-refractivity contribution in [2.24, 2.45) is 0 Å². The van der Waals surface area contributed by atoms with Crippen molar-refractivity contribution in [2.45, 2.75) is 27.7 Å². The zero-order chi connectivity index (χ0) is 10.1. The van der Waals surface area contributed by atoms with E-state index in [-0.39, 0.29) is 0 Å². The quantitative estimate of drug-likeness (QED) is 0.655. The molecule has 0 atom stereocenters. The zero-order valence-electron chi connectivity index (χ0n) is 8.83. The minimum Gasteiger partial charge on any atom is -0.361 e. The second-order valence-corrected chi connectivity index (χ2v) is 1.94. The van der Waals surface area contributed by atoms with Crippen LogP contribution < -0.4 is 0 Å². The first-order valence-electron chi connectivity index (χ1n) is 4.84. The van der Waals surface area contributed by atoms with Gasteiger partial charge in [-0.3, -0.25) is 4.98 Å². The fraction of sp³-hybridized carbons (Fsp3) is 0.364. The maximum atomic E-state index is 3.97. The number of aromatic nitrogens is 2. The summed E-state index contributed by atoms with van der Waals surface area (Å²) in [4.78, 5) is 7.04. The molecule has 2 heteroatoms. The standard InChI is InChI=1S/C7H6N2.2C2H6/c1-4-9-7-2-3-8-5-6(1)7;2*1-2/h1-5,9H;2*1-2H3. The molecule has 0 amide bonds. The van der Waals surface area contributed by atoms with Crippen molar-refractivity contribution in [3.05, 3.63) is 30.7 Å². The van der Waals surface area contributed by atoms with Crippen LogP contribution >= 0.6 is 0 Å². The molecule has 2 nitrogen and oxygen atoms in total. The molecule has 0 aromatic carbocycles. The normalized spacial score (nSPS) is 8.00. The first-order valence-corrected chi connectivity index (χ1v) is 4.84. The number of hydrogen-bond donors (Lipinski definition) is 1. The number of fused-ring (bicyclic) bond motifs is 1. The fourth-order valence-corrected chi connectivity index (χ4v) is 0.892. The van der Waals surface area contributed by atoms with Crippen molar-refractivity contribution >= 4 is 10.9 Å². The summed E-state index contributed by atoms with van der Waals surface area (Å²) in [7, 11) is 0. The number of nitrogens with zero attached hydrogens (tertiary/aromatic N) is 1. The summed E-state index contributed by atoms with van der Waals surface area (Å²) in [6.07, 6.45) is 5.52. The van der Waals surface area contributed by atoms with Crippen LogP contribution in [0.3, 0.4) is 0 Å². The van der Waals surface area contributed by atoms with Gasteiger partial charge in [-0.15, -0.1) is 0 Å². The number of rotatable bonds is 0. The Morgan fingerprint density at radius 1 is 1.08 bits per heavy atom. The average molecular weight is 178 g/mol. The van der Waals surface area contributed by atoms with E-state index < -0.39 is 0 Å². The number of nitrogens with one attached hydrogen (secondary N) is 1. The minimum atomic E-state index is 1.14. The summed E-state index contributed by atoms with van der Waals surface area (Å²) < 4.78 is 0. The molecular weight excluding hydrogens is 160 g/mol. The summed E-state index contributed by atoms with van der Waals surface area (Å²) in [6.45, 7) is 8.00. The lowest BCUT2D eigenvalue weighted by molar-refractivity contribution is 1.36. The van der Waals surface area contributed by atoms with Crippen LogP contribution in [0.2, 0.25) is 0 Å². The van der Waals surface area contributed by atoms with Crippen molar-refractivity contribution < 1.29 is 0 Å². The highest BCUT2D eigenvalue weighted by atomic mass is 14.7. The van der Waals surface area contributed by atoms with E-state index in [4.69, 9.17) is 0 Å². The van der Waals surface area contributed by atoms with Gasteiger partial charge in [-0.05, 0) is 12.1 Å². The molecule has 0 aliphatic carbocycles. The molecule has 0 saturated heterocycles. The third kappa shape index (κ3) is 3.28. The molecule has 0 unspecified atom stereocenters. The largest absolute Gasteiger partial charge is 0.361 e. The molecule has 2 aromatic heterocycles. The van der Waals surface area contributed by atoms with Gasteiger partial charge in [0, 0.05) is 29.5 Å². The predicted molar refractivity (Wildman–Crippen MR) is 58.8 cm³/mol. The van der Waals surface area contributed by atoms with Crippen LogP contribution in [0, 0.1) is 0 Å². The minimum absolute atomic E-state index is 1.14. The van der Waals surface area contributed by atoms with E-state index in [1.165, 1.54) is 0 Å². The monoisotopic (exact) mass is 178 g/mol. The van der Waals surface area contributed by atoms with Crippen molar-refractivity contribution in [1.29, 1.82) is 0 Å². The highest BCUT2D eigenvalue weighted by molar-refractivity contribution is 5.77. The van der Waals surface area contributed by atoms with Gasteiger partial charge >= 0.3 is 0 Å². The van der Waals surface area contributed by atoms with Crippen LogP contribution in [0.5, 0.6) is 0 Å². The lowest BCUT2D eigenvalue weighted by atomic mass is 10.3. The lowest BCUT2D eigenvalue weighted by Gasteiger charge is -1.82. The molecule has 2 heterocycles. The number of pyridine rings is 1. The molecule has 0 spiro atoms. The highest BCUT2D eigenvalue weighted by Gasteiger charge is 1.87. The number of hydrogen-bond acceptors (Lipinski definition) is 1. The van der Waals surface area contributed by atoms with E-state index >= 15 is 0 Å². The Morgan fingerprint density at radius 2 is 1.77 bits per heavy atom. The molecule has 1 N–H and O–H groups in total. The van der Waals surface area contributed by atoms with Crippen LogP contribution in [-0.4, -0.2) is 9.97 Å². The van der Waals surface area contributed by atoms with Gasteiger partial charge in [0.15, 0.2) is 0 Å². The van der Waals surface area contributed by atoms with Gasteiger partial charge < -0.3 is 4.98 Å². The molecule has 0 radical (unpaired) electrons. The van der Waals surface area contributed by atoms with Gasteiger partial charge in [-0.2, -0.15) is 0 Å². The van der Waals surface area contributed by atoms with Gasteiger partial charge in [-0.1, -0.05) is 27.7 Å². The van der Waals surface area contributed by atoms with Crippen molar-refractivity contribution in [2.75, 3.05) is 0 Å². The Balaban J connectivity index is 0.000000322. The molecule has 0 fully saturated rings. The average Bonchev–Trinajstić information content (AvgIpc) is 2.71. The Morgan fingerprint density at radius 3 is 2.38 bits per heavy atom. The van der Waals surface area contributed by atoms with E-state index in [1.807, 2.05) is 52.2 Å². The molecule has 72 valence electrons. The third-order valence-corrected chi connectivity index (χ3v) is 1.35. The van der Waals surface area contributed by atoms with E-state index in [0.717, 1.165) is 10.9 Å². The van der Waals surface area contributed by atoms with E-state index in [2.05, 4.69) is 9.97 Å². The third-order valence-electron chi connectivity index (χ3n) is 1.35. The smallest absolute Gasteiger partial charge is 0.0484 e. The fourth-order valence-electron chi connectivity index (χ4n) is 0.892. The summed E-state index contributed by atoms with van der Waals surface area (Å²) in [5.41, 5.74) is 1.14. The van der Waals surface area contributed by atoms with Crippen molar-refractivity contribution in [3.63, 3.8) is 0 Å². The molecule has 2 rings (SSSR count). The molecule has 0 aliphatic rings. The highest BCUT2D eigenvalue weighted by Crippen LogP contribution is 2.07. The van der Waals surface area contributed by atoms with Gasteiger partial charge in [-0.25, -0.2) is 0 Å². The predicted octanol–water partition coefficient (Wildman–Crippen LogP) is 3.62. The van der Waals surface area contributed by atoms with Crippen LogP contribution in [0.4, 0.5) is 0 Å². The van der Waals surface area contributed by atoms with Gasteiger partial charge in [0.05, 0.1) is 0 Å². The van der Waals surface area contributed by atoms with Crippen LogP contribution in [0.15, 0.2) is 30.7 Å². The summed E-state index contributed by atoms with van der Waals surface area (Å²) in [6, 6.07) is 3.96. The molecule has 0 aliphatic heterocycles. The first kappa shape index (κ1) is 11.7. The van der Waals surface area contributed by atoms with Crippen molar-refractivity contribution in [3.8, 4) is 0 Å². The summed E-state index contributed by atoms with van der Waals surface area (Å²) >= 11 is 0. The number of H-pyrrole nitrogens is 1. The van der Waals surface area contributed by atoms with Crippen LogP contribution in [0.25, 0.3) is 10.9 Å². The van der Waals surface area contributed by atoms with E-state index in [9.17, 15) is 0 Å². The molecular formula is C11H18N2. The van der Waals surface area contributed by atoms with E-state index in [1.54, 1.807) is 6.20 Å². The number of aromatic amines is 1. The Bertz CT molecular complexity index is 282. The van der Waals surface area contributed by atoms with Crippen molar-refractivity contribution in [1.82, 2.24) is 9.97 Å². The Labute approximate surface area is 80.0 Å². The van der Waals surface area contributed by atoms with Crippen LogP contribution in [-0.2, 0) is 0 Å². The molecule has 0 saturated carbocycles. The SMILES string of the molecule is CC.CC.c1cc2[nH]ccc2cn1. The van der Waals surface area contributed by atoms with Gasteiger partial charge in [0.1, 0.15) is 0 Å². The molecule has 2 aromatic rings.